The molecular weight excluding hydrogens is 292 g/mol. The van der Waals surface area contributed by atoms with Gasteiger partial charge in [0.2, 0.25) is 5.28 Å². The third-order valence-corrected chi connectivity index (χ3v) is 2.94. The predicted octanol–water partition coefficient (Wildman–Crippen LogP) is 3.18. The number of benzene rings is 1. The van der Waals surface area contributed by atoms with Gasteiger partial charge in [-0.15, -0.1) is 4.98 Å². The number of methoxy groups -OCH3 is 1. The topological polar surface area (TPSA) is 70.0 Å². The van der Waals surface area contributed by atoms with Crippen LogP contribution in [0.4, 0.5) is 0 Å². The Morgan fingerprint density at radius 1 is 0.952 bits per heavy atom. The molecule has 2 aromatic heterocycles. The van der Waals surface area contributed by atoms with E-state index in [0.29, 0.717) is 5.75 Å². The molecular formula is C14H11ClN4O2. The average molecular weight is 303 g/mol. The first kappa shape index (κ1) is 13.5. The molecule has 106 valence electrons. The van der Waals surface area contributed by atoms with E-state index in [4.69, 9.17) is 21.1 Å². The Kier molecular flexibility index (Phi) is 3.53. The predicted molar refractivity (Wildman–Crippen MR) is 77.9 cm³/mol. The van der Waals surface area contributed by atoms with Gasteiger partial charge >= 0.3 is 12.0 Å². The first-order chi connectivity index (χ1) is 10.2. The molecule has 0 aliphatic rings. The van der Waals surface area contributed by atoms with E-state index in [9.17, 15) is 0 Å². The second kappa shape index (κ2) is 5.49. The summed E-state index contributed by atoms with van der Waals surface area (Å²) in [7, 11) is 1.44. The van der Waals surface area contributed by atoms with E-state index in [1.807, 2.05) is 31.2 Å². The van der Waals surface area contributed by atoms with E-state index < -0.39 is 0 Å². The largest absolute Gasteiger partial charge is 0.467 e. The summed E-state index contributed by atoms with van der Waals surface area (Å²) in [6.07, 6.45) is 0. The second-order valence-electron chi connectivity index (χ2n) is 4.26. The van der Waals surface area contributed by atoms with E-state index in [-0.39, 0.29) is 17.3 Å². The van der Waals surface area contributed by atoms with Gasteiger partial charge in [0.05, 0.1) is 7.11 Å². The van der Waals surface area contributed by atoms with Crippen molar-refractivity contribution in [3.63, 3.8) is 0 Å². The molecule has 0 N–H and O–H groups in total. The molecule has 0 bridgehead atoms. The minimum atomic E-state index is 0.00114. The molecule has 0 fully saturated rings. The lowest BCUT2D eigenvalue weighted by Gasteiger charge is -2.08. The van der Waals surface area contributed by atoms with Crippen molar-refractivity contribution in [2.45, 2.75) is 6.92 Å². The summed E-state index contributed by atoms with van der Waals surface area (Å²) in [6, 6.07) is 9.68. The van der Waals surface area contributed by atoms with Gasteiger partial charge in [-0.3, -0.25) is 0 Å². The quantitative estimate of drug-likeness (QED) is 0.740. The number of hydrogen-bond acceptors (Lipinski definition) is 6. The van der Waals surface area contributed by atoms with Crippen molar-refractivity contribution in [3.8, 4) is 17.8 Å². The molecule has 0 amide bonds. The normalized spacial score (nSPS) is 10.6. The van der Waals surface area contributed by atoms with Crippen LogP contribution in [-0.2, 0) is 0 Å². The molecule has 6 nitrogen and oxygen atoms in total. The summed E-state index contributed by atoms with van der Waals surface area (Å²) in [6.45, 7) is 1.92. The monoisotopic (exact) mass is 302 g/mol. The van der Waals surface area contributed by atoms with Crippen LogP contribution >= 0.6 is 11.6 Å². The molecule has 0 saturated heterocycles. The van der Waals surface area contributed by atoms with Crippen LogP contribution in [0.2, 0.25) is 5.28 Å². The maximum Gasteiger partial charge on any atom is 0.329 e. The molecule has 21 heavy (non-hydrogen) atoms. The third kappa shape index (κ3) is 2.85. The smallest absolute Gasteiger partial charge is 0.329 e. The van der Waals surface area contributed by atoms with Crippen molar-refractivity contribution in [2.24, 2.45) is 0 Å². The summed E-state index contributed by atoms with van der Waals surface area (Å²) < 4.78 is 10.6. The molecule has 3 rings (SSSR count). The Morgan fingerprint density at radius 3 is 2.57 bits per heavy atom. The molecule has 0 spiro atoms. The fourth-order valence-electron chi connectivity index (χ4n) is 1.85. The number of aryl methyl sites for hydroxylation is 1. The molecule has 3 aromatic rings. The van der Waals surface area contributed by atoms with Crippen LogP contribution in [0.3, 0.4) is 0 Å². The van der Waals surface area contributed by atoms with Gasteiger partial charge in [0.15, 0.2) is 5.75 Å². The standard InChI is InChI=1S/C14H11ClN4O2/c1-8-6-7-9-4-3-5-10(11(9)16-8)21-14-18-12(15)17-13(19-14)20-2/h3-7H,1-2H3. The van der Waals surface area contributed by atoms with Crippen LogP contribution in [0.1, 0.15) is 5.69 Å². The molecule has 0 atom stereocenters. The van der Waals surface area contributed by atoms with Gasteiger partial charge in [-0.1, -0.05) is 18.2 Å². The fourth-order valence-corrected chi connectivity index (χ4v) is 1.99. The molecule has 0 unspecified atom stereocenters. The van der Waals surface area contributed by atoms with Crippen LogP contribution < -0.4 is 9.47 Å². The highest BCUT2D eigenvalue weighted by Crippen LogP contribution is 2.28. The van der Waals surface area contributed by atoms with E-state index in [2.05, 4.69) is 19.9 Å². The lowest BCUT2D eigenvalue weighted by atomic mass is 10.2. The number of para-hydroxylation sites is 1. The number of pyridine rings is 1. The van der Waals surface area contributed by atoms with Crippen LogP contribution in [0.15, 0.2) is 30.3 Å². The summed E-state index contributed by atoms with van der Waals surface area (Å²) in [5.41, 5.74) is 1.62. The Bertz CT molecular complexity index is 810. The second-order valence-corrected chi connectivity index (χ2v) is 4.59. The molecule has 7 heteroatoms. The van der Waals surface area contributed by atoms with E-state index in [1.54, 1.807) is 6.07 Å². The molecule has 0 aliphatic heterocycles. The maximum absolute atomic E-state index is 5.80. The summed E-state index contributed by atoms with van der Waals surface area (Å²) in [4.78, 5) is 16.2. The van der Waals surface area contributed by atoms with Crippen LogP contribution in [0.25, 0.3) is 10.9 Å². The summed E-state index contributed by atoms with van der Waals surface area (Å²) in [5, 5.41) is 0.964. The number of ether oxygens (including phenoxy) is 2. The molecule has 0 radical (unpaired) electrons. The Labute approximate surface area is 125 Å². The van der Waals surface area contributed by atoms with Gasteiger partial charge in [-0.25, -0.2) is 4.98 Å². The zero-order valence-electron chi connectivity index (χ0n) is 11.4. The van der Waals surface area contributed by atoms with E-state index >= 15 is 0 Å². The summed E-state index contributed by atoms with van der Waals surface area (Å²) in [5.74, 6) is 0.542. The van der Waals surface area contributed by atoms with Crippen LogP contribution in [0, 0.1) is 6.92 Å². The Balaban J connectivity index is 2.05. The number of rotatable bonds is 3. The lowest BCUT2D eigenvalue weighted by molar-refractivity contribution is 0.359. The number of aromatic nitrogens is 4. The van der Waals surface area contributed by atoms with Gasteiger partial charge in [0.1, 0.15) is 5.52 Å². The number of fused-ring (bicyclic) bond motifs is 1. The van der Waals surface area contributed by atoms with Crippen molar-refractivity contribution in [3.05, 3.63) is 41.3 Å². The van der Waals surface area contributed by atoms with Crippen molar-refractivity contribution >= 4 is 22.5 Å². The van der Waals surface area contributed by atoms with Gasteiger partial charge in [0.25, 0.3) is 0 Å². The van der Waals surface area contributed by atoms with Crippen molar-refractivity contribution in [1.82, 2.24) is 19.9 Å². The summed E-state index contributed by atoms with van der Waals surface area (Å²) >= 11 is 5.80. The molecule has 0 aliphatic carbocycles. The van der Waals surface area contributed by atoms with Gasteiger partial charge < -0.3 is 9.47 Å². The van der Waals surface area contributed by atoms with Crippen molar-refractivity contribution in [2.75, 3.05) is 7.11 Å². The Morgan fingerprint density at radius 2 is 1.76 bits per heavy atom. The number of hydrogen-bond donors (Lipinski definition) is 0. The third-order valence-electron chi connectivity index (χ3n) is 2.77. The van der Waals surface area contributed by atoms with E-state index in [1.165, 1.54) is 7.11 Å². The lowest BCUT2D eigenvalue weighted by Crippen LogP contribution is -1.99. The molecule has 0 saturated carbocycles. The Hall–Kier alpha value is -2.47. The average Bonchev–Trinajstić information content (AvgIpc) is 2.47. The molecule has 1 aromatic carbocycles. The number of nitrogens with zero attached hydrogens (tertiary/aromatic N) is 4. The minimum absolute atomic E-state index is 0.00114. The minimum Gasteiger partial charge on any atom is -0.467 e. The highest BCUT2D eigenvalue weighted by Gasteiger charge is 2.10. The van der Waals surface area contributed by atoms with Crippen molar-refractivity contribution in [1.29, 1.82) is 0 Å². The van der Waals surface area contributed by atoms with Crippen LogP contribution in [0.5, 0.6) is 17.8 Å². The first-order valence-electron chi connectivity index (χ1n) is 6.15. The number of halogens is 1. The van der Waals surface area contributed by atoms with Gasteiger partial charge in [-0.2, -0.15) is 9.97 Å². The molecule has 2 heterocycles. The van der Waals surface area contributed by atoms with Gasteiger partial charge in [0, 0.05) is 11.1 Å². The van der Waals surface area contributed by atoms with Gasteiger partial charge in [-0.05, 0) is 30.7 Å². The van der Waals surface area contributed by atoms with Crippen molar-refractivity contribution < 1.29 is 9.47 Å². The fraction of sp³-hybridized carbons (Fsp3) is 0.143. The first-order valence-corrected chi connectivity index (χ1v) is 6.53. The zero-order valence-corrected chi connectivity index (χ0v) is 12.1. The zero-order chi connectivity index (χ0) is 14.8. The maximum atomic E-state index is 5.80. The SMILES string of the molecule is COc1nc(Cl)nc(Oc2cccc3ccc(C)nc23)n1. The highest BCUT2D eigenvalue weighted by molar-refractivity contribution is 6.28. The van der Waals surface area contributed by atoms with E-state index in [0.717, 1.165) is 16.6 Å². The highest BCUT2D eigenvalue weighted by atomic mass is 35.5. The van der Waals surface area contributed by atoms with Crippen LogP contribution in [-0.4, -0.2) is 27.0 Å².